The average molecular weight is 353 g/mol. The van der Waals surface area contributed by atoms with E-state index in [0.29, 0.717) is 13.1 Å². The molecule has 0 unspecified atom stereocenters. The second-order valence-electron chi connectivity index (χ2n) is 7.09. The van der Waals surface area contributed by atoms with Crippen molar-refractivity contribution in [2.24, 2.45) is 11.3 Å². The van der Waals surface area contributed by atoms with Crippen LogP contribution in [0, 0.1) is 25.2 Å². The maximum absolute atomic E-state index is 12.3. The van der Waals surface area contributed by atoms with Crippen molar-refractivity contribution in [3.8, 4) is 0 Å². The molecule has 1 heterocycles. The maximum Gasteiger partial charge on any atom is 0.311 e. The average Bonchev–Trinajstić information content (AvgIpc) is 3.00. The van der Waals surface area contributed by atoms with Crippen LogP contribution in [0.15, 0.2) is 18.2 Å². The normalized spacial score (nSPS) is 25.8. The molecule has 3 rings (SSSR count). The van der Waals surface area contributed by atoms with E-state index in [1.807, 2.05) is 36.9 Å². The number of fused-ring (bicyclic) bond motifs is 1. The van der Waals surface area contributed by atoms with E-state index < -0.39 is 11.4 Å². The third kappa shape index (κ3) is 3.42. The minimum atomic E-state index is -0.697. The summed E-state index contributed by atoms with van der Waals surface area (Å²) in [6.45, 7) is 5.43. The molecule has 24 heavy (non-hydrogen) atoms. The van der Waals surface area contributed by atoms with Gasteiger partial charge in [-0.15, -0.1) is 12.4 Å². The highest BCUT2D eigenvalue weighted by atomic mass is 35.5. The quantitative estimate of drug-likeness (QED) is 0.874. The number of rotatable bonds is 4. The van der Waals surface area contributed by atoms with Gasteiger partial charge in [0, 0.05) is 18.8 Å². The van der Waals surface area contributed by atoms with Crippen LogP contribution in [0.25, 0.3) is 0 Å². The highest BCUT2D eigenvalue weighted by Crippen LogP contribution is 2.48. The second kappa shape index (κ2) is 7.11. The Labute approximate surface area is 148 Å². The number of carboxylic acid groups (broad SMARTS) is 1. The first-order valence-electron chi connectivity index (χ1n) is 8.23. The van der Waals surface area contributed by atoms with Gasteiger partial charge < -0.3 is 10.4 Å². The first kappa shape index (κ1) is 18.7. The molecule has 1 amide bonds. The van der Waals surface area contributed by atoms with Crippen LogP contribution in [0.5, 0.6) is 0 Å². The van der Waals surface area contributed by atoms with Gasteiger partial charge in [-0.3, -0.25) is 14.5 Å². The number of aliphatic carboxylic acids is 1. The molecule has 1 aliphatic heterocycles. The second-order valence-corrected chi connectivity index (χ2v) is 7.09. The summed E-state index contributed by atoms with van der Waals surface area (Å²) in [5.74, 6) is -0.579. The van der Waals surface area contributed by atoms with Crippen LogP contribution in [-0.4, -0.2) is 41.5 Å². The van der Waals surface area contributed by atoms with Crippen molar-refractivity contribution in [1.82, 2.24) is 4.90 Å². The van der Waals surface area contributed by atoms with Gasteiger partial charge >= 0.3 is 5.97 Å². The standard InChI is InChI=1S/C18H24N2O3.ClH/c1-12-5-6-13(2)15(8-12)19-16(21)10-20-9-14-4-3-7-18(14,11-20)17(22)23;/h5-6,8,14H,3-4,7,9-11H2,1-2H3,(H,19,21)(H,22,23);1H/t14-,18+;/m0./s1. The molecule has 0 radical (unpaired) electrons. The van der Waals surface area contributed by atoms with Crippen LogP contribution in [0.4, 0.5) is 5.69 Å². The number of carbonyl (C=O) groups is 2. The fraction of sp³-hybridized carbons (Fsp3) is 0.556. The Morgan fingerprint density at radius 1 is 1.38 bits per heavy atom. The van der Waals surface area contributed by atoms with Crippen molar-refractivity contribution in [3.63, 3.8) is 0 Å². The van der Waals surface area contributed by atoms with Gasteiger partial charge in [0.1, 0.15) is 0 Å². The highest BCUT2D eigenvalue weighted by molar-refractivity contribution is 5.93. The Morgan fingerprint density at radius 3 is 2.79 bits per heavy atom. The van der Waals surface area contributed by atoms with Gasteiger partial charge in [-0.25, -0.2) is 0 Å². The van der Waals surface area contributed by atoms with Crippen molar-refractivity contribution < 1.29 is 14.7 Å². The van der Waals surface area contributed by atoms with Crippen molar-refractivity contribution in [2.75, 3.05) is 25.0 Å². The fourth-order valence-corrected chi connectivity index (χ4v) is 4.13. The summed E-state index contributed by atoms with van der Waals surface area (Å²) >= 11 is 0. The zero-order valence-electron chi connectivity index (χ0n) is 14.2. The Morgan fingerprint density at radius 2 is 2.12 bits per heavy atom. The van der Waals surface area contributed by atoms with Crippen LogP contribution in [-0.2, 0) is 9.59 Å². The summed E-state index contributed by atoms with van der Waals surface area (Å²) in [5, 5.41) is 12.6. The molecule has 132 valence electrons. The molecule has 1 aromatic carbocycles. The summed E-state index contributed by atoms with van der Waals surface area (Å²) in [7, 11) is 0. The zero-order valence-corrected chi connectivity index (χ0v) is 15.0. The summed E-state index contributed by atoms with van der Waals surface area (Å²) in [5.41, 5.74) is 2.34. The number of amides is 1. The first-order chi connectivity index (χ1) is 10.9. The molecule has 1 aliphatic carbocycles. The molecule has 6 heteroatoms. The topological polar surface area (TPSA) is 69.6 Å². The van der Waals surface area contributed by atoms with E-state index >= 15 is 0 Å². The lowest BCUT2D eigenvalue weighted by molar-refractivity contribution is -0.149. The van der Waals surface area contributed by atoms with Crippen LogP contribution in [0.3, 0.4) is 0 Å². The summed E-state index contributed by atoms with van der Waals surface area (Å²) < 4.78 is 0. The van der Waals surface area contributed by atoms with E-state index in [4.69, 9.17) is 0 Å². The molecular formula is C18H25ClN2O3. The number of carbonyl (C=O) groups excluding carboxylic acids is 1. The molecule has 2 aliphatic rings. The van der Waals surface area contributed by atoms with Crippen molar-refractivity contribution in [2.45, 2.75) is 33.1 Å². The molecule has 1 aromatic rings. The lowest BCUT2D eigenvalue weighted by Crippen LogP contribution is -2.37. The van der Waals surface area contributed by atoms with E-state index in [0.717, 1.165) is 36.1 Å². The number of hydrogen-bond donors (Lipinski definition) is 2. The van der Waals surface area contributed by atoms with Crippen molar-refractivity contribution in [1.29, 1.82) is 0 Å². The molecular weight excluding hydrogens is 328 g/mol. The molecule has 1 saturated heterocycles. The third-order valence-electron chi connectivity index (χ3n) is 5.40. The zero-order chi connectivity index (χ0) is 16.6. The van der Waals surface area contributed by atoms with Crippen molar-refractivity contribution >= 4 is 30.0 Å². The number of carboxylic acids is 1. The number of benzene rings is 1. The summed E-state index contributed by atoms with van der Waals surface area (Å²) in [6, 6.07) is 5.97. The lowest BCUT2D eigenvalue weighted by atomic mass is 9.81. The SMILES string of the molecule is Cc1ccc(C)c(NC(=O)CN2C[C@@H]3CCC[C@@]3(C(=O)O)C2)c1.Cl. The van der Waals surface area contributed by atoms with Crippen molar-refractivity contribution in [3.05, 3.63) is 29.3 Å². The Hall–Kier alpha value is -1.59. The summed E-state index contributed by atoms with van der Waals surface area (Å²) in [4.78, 5) is 26.0. The van der Waals surface area contributed by atoms with E-state index in [1.54, 1.807) is 0 Å². The Kier molecular flexibility index (Phi) is 5.56. The number of anilines is 1. The van der Waals surface area contributed by atoms with Gasteiger partial charge in [-0.05, 0) is 49.8 Å². The van der Waals surface area contributed by atoms with Gasteiger partial charge in [0.05, 0.1) is 12.0 Å². The van der Waals surface area contributed by atoms with Gasteiger partial charge in [-0.2, -0.15) is 0 Å². The number of aryl methyl sites for hydroxylation is 2. The van der Waals surface area contributed by atoms with E-state index in [9.17, 15) is 14.7 Å². The molecule has 1 saturated carbocycles. The number of halogens is 1. The minimum absolute atomic E-state index is 0. The fourth-order valence-electron chi connectivity index (χ4n) is 4.13. The number of likely N-dealkylation sites (tertiary alicyclic amines) is 1. The smallest absolute Gasteiger partial charge is 0.311 e. The van der Waals surface area contributed by atoms with Gasteiger partial charge in [-0.1, -0.05) is 18.6 Å². The predicted molar refractivity (Wildman–Crippen MR) is 95.6 cm³/mol. The van der Waals surface area contributed by atoms with Gasteiger partial charge in [0.2, 0.25) is 5.91 Å². The lowest BCUT2D eigenvalue weighted by Gasteiger charge is -2.23. The Bertz CT molecular complexity index is 649. The first-order valence-corrected chi connectivity index (χ1v) is 8.23. The van der Waals surface area contributed by atoms with Gasteiger partial charge in [0.15, 0.2) is 0 Å². The van der Waals surface area contributed by atoms with Crippen LogP contribution in [0.1, 0.15) is 30.4 Å². The molecule has 2 atom stereocenters. The Balaban J connectivity index is 0.00000208. The monoisotopic (exact) mass is 352 g/mol. The number of hydrogen-bond acceptors (Lipinski definition) is 3. The maximum atomic E-state index is 12.3. The predicted octanol–water partition coefficient (Wildman–Crippen LogP) is 2.85. The van der Waals surface area contributed by atoms with Crippen LogP contribution in [0.2, 0.25) is 0 Å². The van der Waals surface area contributed by atoms with Crippen LogP contribution < -0.4 is 5.32 Å². The van der Waals surface area contributed by atoms with E-state index in [1.165, 1.54) is 0 Å². The number of nitrogens with one attached hydrogen (secondary N) is 1. The number of nitrogens with zero attached hydrogens (tertiary/aromatic N) is 1. The van der Waals surface area contributed by atoms with Gasteiger partial charge in [0.25, 0.3) is 0 Å². The van der Waals surface area contributed by atoms with E-state index in [2.05, 4.69) is 5.32 Å². The minimum Gasteiger partial charge on any atom is -0.481 e. The third-order valence-corrected chi connectivity index (χ3v) is 5.40. The summed E-state index contributed by atoms with van der Waals surface area (Å²) in [6.07, 6.45) is 2.68. The molecule has 2 fully saturated rings. The van der Waals surface area contributed by atoms with E-state index in [-0.39, 0.29) is 30.8 Å². The molecule has 0 bridgehead atoms. The van der Waals surface area contributed by atoms with Crippen LogP contribution >= 0.6 is 12.4 Å². The molecule has 0 spiro atoms. The molecule has 0 aromatic heterocycles. The molecule has 5 nitrogen and oxygen atoms in total. The highest BCUT2D eigenvalue weighted by Gasteiger charge is 2.54. The largest absolute Gasteiger partial charge is 0.481 e. The molecule has 2 N–H and O–H groups in total.